The van der Waals surface area contributed by atoms with Gasteiger partial charge in [0.25, 0.3) is 0 Å². The molecule has 1 heterocycles. The van der Waals surface area contributed by atoms with Crippen LogP contribution in [0.2, 0.25) is 0 Å². The normalized spacial score (nSPS) is 9.50. The maximum Gasteiger partial charge on any atom is 0.323 e. The molecular weight excluding hydrogens is 202 g/mol. The topological polar surface area (TPSA) is 54.0 Å². The number of hydrogen-bond donors (Lipinski definition) is 2. The zero-order valence-corrected chi connectivity index (χ0v) is 8.47. The molecule has 0 aliphatic rings. The number of hydrogen-bond acceptors (Lipinski definition) is 2. The van der Waals surface area contributed by atoms with Gasteiger partial charge in [-0.3, -0.25) is 4.98 Å². The Labute approximate surface area is 93.3 Å². The van der Waals surface area contributed by atoms with Gasteiger partial charge in [0.2, 0.25) is 0 Å². The number of nitrogens with zero attached hydrogens (tertiary/aromatic N) is 1. The quantitative estimate of drug-likeness (QED) is 0.803. The molecule has 0 saturated carbocycles. The highest BCUT2D eigenvalue weighted by molar-refractivity contribution is 5.99. The predicted molar refractivity (Wildman–Crippen MR) is 62.2 cm³/mol. The summed E-state index contributed by atoms with van der Waals surface area (Å²) in [6.07, 6.45) is 3.23. The Balaban J connectivity index is 1.95. The Hall–Kier alpha value is -2.36. The van der Waals surface area contributed by atoms with E-state index in [1.165, 1.54) is 0 Å². The maximum atomic E-state index is 11.5. The standard InChI is InChI=1S/C12H10N3O/c16-12(14-10-5-2-1-3-6-10)15-11-7-4-8-13-9-11/h2-9H,(H2,14,15,16). The summed E-state index contributed by atoms with van der Waals surface area (Å²) in [7, 11) is 0. The highest BCUT2D eigenvalue weighted by Crippen LogP contribution is 2.07. The molecule has 0 spiro atoms. The van der Waals surface area contributed by atoms with Crippen LogP contribution in [0.3, 0.4) is 0 Å². The summed E-state index contributed by atoms with van der Waals surface area (Å²) < 4.78 is 0. The second kappa shape index (κ2) is 4.93. The molecule has 79 valence electrons. The van der Waals surface area contributed by atoms with E-state index in [4.69, 9.17) is 0 Å². The van der Waals surface area contributed by atoms with Gasteiger partial charge in [0.15, 0.2) is 0 Å². The first-order chi connectivity index (χ1) is 7.84. The number of rotatable bonds is 2. The first kappa shape index (κ1) is 10.2. The molecule has 4 nitrogen and oxygen atoms in total. The van der Waals surface area contributed by atoms with Crippen LogP contribution < -0.4 is 10.6 Å². The number of anilines is 2. The fourth-order valence-corrected chi connectivity index (χ4v) is 1.20. The van der Waals surface area contributed by atoms with Gasteiger partial charge in [-0.2, -0.15) is 0 Å². The summed E-state index contributed by atoms with van der Waals surface area (Å²) in [4.78, 5) is 15.4. The van der Waals surface area contributed by atoms with E-state index in [0.29, 0.717) is 5.69 Å². The van der Waals surface area contributed by atoms with Gasteiger partial charge in [-0.15, -0.1) is 0 Å². The average molecular weight is 212 g/mol. The van der Waals surface area contributed by atoms with Crippen molar-refractivity contribution in [2.24, 2.45) is 0 Å². The van der Waals surface area contributed by atoms with E-state index in [9.17, 15) is 4.79 Å². The van der Waals surface area contributed by atoms with E-state index in [2.05, 4.69) is 21.7 Å². The molecule has 2 aromatic rings. The molecule has 0 unspecified atom stereocenters. The van der Waals surface area contributed by atoms with Crippen LogP contribution in [0.15, 0.2) is 48.8 Å². The predicted octanol–water partition coefficient (Wildman–Crippen LogP) is 2.53. The number of nitrogens with one attached hydrogen (secondary N) is 2. The summed E-state index contributed by atoms with van der Waals surface area (Å²) in [5, 5.41) is 5.36. The molecular formula is C12H10N3O. The molecule has 0 saturated heterocycles. The van der Waals surface area contributed by atoms with Crippen molar-refractivity contribution in [3.63, 3.8) is 0 Å². The highest BCUT2D eigenvalue weighted by atomic mass is 16.2. The van der Waals surface area contributed by atoms with E-state index in [-0.39, 0.29) is 6.03 Å². The second-order valence-corrected chi connectivity index (χ2v) is 3.11. The van der Waals surface area contributed by atoms with Gasteiger partial charge in [0, 0.05) is 11.9 Å². The summed E-state index contributed by atoms with van der Waals surface area (Å²) in [5.74, 6) is 0. The highest BCUT2D eigenvalue weighted by Gasteiger charge is 2.01. The van der Waals surface area contributed by atoms with E-state index >= 15 is 0 Å². The van der Waals surface area contributed by atoms with Crippen molar-refractivity contribution in [2.75, 3.05) is 10.6 Å². The second-order valence-electron chi connectivity index (χ2n) is 3.11. The zero-order valence-electron chi connectivity index (χ0n) is 8.47. The number of carbonyl (C=O) groups excluding carboxylic acids is 1. The van der Waals surface area contributed by atoms with Crippen LogP contribution in [0.4, 0.5) is 16.2 Å². The van der Waals surface area contributed by atoms with E-state index in [0.717, 1.165) is 5.69 Å². The van der Waals surface area contributed by atoms with Crippen molar-refractivity contribution in [3.05, 3.63) is 54.9 Å². The molecule has 4 heteroatoms. The third kappa shape index (κ3) is 2.81. The molecule has 2 N–H and O–H groups in total. The van der Waals surface area contributed by atoms with Gasteiger partial charge in [0.1, 0.15) is 0 Å². The minimum Gasteiger partial charge on any atom is -0.308 e. The van der Waals surface area contributed by atoms with Crippen LogP contribution in [0.25, 0.3) is 0 Å². The molecule has 1 aromatic carbocycles. The van der Waals surface area contributed by atoms with Crippen molar-refractivity contribution in [3.8, 4) is 0 Å². The summed E-state index contributed by atoms with van der Waals surface area (Å²) >= 11 is 0. The summed E-state index contributed by atoms with van der Waals surface area (Å²) in [5.41, 5.74) is 1.38. The maximum absolute atomic E-state index is 11.5. The SMILES string of the molecule is O=C(Nc1cc[c]cc1)Nc1cccnc1. The van der Waals surface area contributed by atoms with Crippen LogP contribution in [0, 0.1) is 6.07 Å². The van der Waals surface area contributed by atoms with Crippen LogP contribution in [0.1, 0.15) is 0 Å². The third-order valence-electron chi connectivity index (χ3n) is 1.90. The smallest absolute Gasteiger partial charge is 0.308 e. The lowest BCUT2D eigenvalue weighted by Crippen LogP contribution is -2.19. The number of urea groups is 1. The lowest BCUT2D eigenvalue weighted by Gasteiger charge is -2.06. The average Bonchev–Trinajstić information content (AvgIpc) is 2.31. The molecule has 0 aliphatic heterocycles. The molecule has 0 fully saturated rings. The molecule has 0 aliphatic carbocycles. The number of carbonyl (C=O) groups is 1. The minimum atomic E-state index is -0.292. The zero-order chi connectivity index (χ0) is 11.2. The van der Waals surface area contributed by atoms with E-state index in [1.54, 1.807) is 48.8 Å². The molecule has 1 aromatic heterocycles. The Morgan fingerprint density at radius 1 is 1.12 bits per heavy atom. The van der Waals surface area contributed by atoms with Crippen molar-refractivity contribution in [1.29, 1.82) is 0 Å². The van der Waals surface area contributed by atoms with Crippen molar-refractivity contribution in [2.45, 2.75) is 0 Å². The Morgan fingerprint density at radius 2 is 1.88 bits per heavy atom. The third-order valence-corrected chi connectivity index (χ3v) is 1.90. The summed E-state index contributed by atoms with van der Waals surface area (Å²) in [6.45, 7) is 0. The molecule has 16 heavy (non-hydrogen) atoms. The van der Waals surface area contributed by atoms with Crippen molar-refractivity contribution in [1.82, 2.24) is 4.98 Å². The van der Waals surface area contributed by atoms with Crippen molar-refractivity contribution >= 4 is 17.4 Å². The lowest BCUT2D eigenvalue weighted by molar-refractivity contribution is 0.262. The van der Waals surface area contributed by atoms with E-state index < -0.39 is 0 Å². The van der Waals surface area contributed by atoms with Crippen LogP contribution >= 0.6 is 0 Å². The largest absolute Gasteiger partial charge is 0.323 e. The molecule has 2 rings (SSSR count). The van der Waals surface area contributed by atoms with Gasteiger partial charge in [0.05, 0.1) is 11.9 Å². The van der Waals surface area contributed by atoms with Gasteiger partial charge in [-0.25, -0.2) is 4.79 Å². The first-order valence-electron chi connectivity index (χ1n) is 4.79. The van der Waals surface area contributed by atoms with Gasteiger partial charge in [-0.05, 0) is 30.3 Å². The Morgan fingerprint density at radius 3 is 2.56 bits per heavy atom. The minimum absolute atomic E-state index is 0.292. The fraction of sp³-hybridized carbons (Fsp3) is 0. The summed E-state index contributed by atoms with van der Waals surface area (Å²) in [6, 6.07) is 13.1. The number of amides is 2. The van der Waals surface area contributed by atoms with E-state index in [1.807, 2.05) is 0 Å². The molecule has 0 bridgehead atoms. The fourth-order valence-electron chi connectivity index (χ4n) is 1.20. The molecule has 2 amide bonds. The monoisotopic (exact) mass is 212 g/mol. The Bertz CT molecular complexity index is 413. The first-order valence-corrected chi connectivity index (χ1v) is 4.79. The molecule has 0 atom stereocenters. The van der Waals surface area contributed by atoms with Crippen LogP contribution in [-0.4, -0.2) is 11.0 Å². The number of benzene rings is 1. The van der Waals surface area contributed by atoms with Crippen LogP contribution in [0.5, 0.6) is 0 Å². The van der Waals surface area contributed by atoms with Gasteiger partial charge < -0.3 is 10.6 Å². The van der Waals surface area contributed by atoms with Gasteiger partial charge >= 0.3 is 6.03 Å². The van der Waals surface area contributed by atoms with Crippen LogP contribution in [-0.2, 0) is 0 Å². The van der Waals surface area contributed by atoms with Crippen molar-refractivity contribution < 1.29 is 4.79 Å². The number of aromatic nitrogens is 1. The van der Waals surface area contributed by atoms with Gasteiger partial charge in [-0.1, -0.05) is 12.1 Å². The lowest BCUT2D eigenvalue weighted by atomic mass is 10.3. The Kier molecular flexibility index (Phi) is 3.13. The molecule has 1 radical (unpaired) electrons. The number of pyridine rings is 1.